The van der Waals surface area contributed by atoms with Gasteiger partial charge < -0.3 is 4.90 Å². The third-order valence-corrected chi connectivity index (χ3v) is 3.42. The van der Waals surface area contributed by atoms with Crippen LogP contribution in [0.1, 0.15) is 4.88 Å². The predicted molar refractivity (Wildman–Crippen MR) is 67.1 cm³/mol. The largest absolute Gasteiger partial charge is 0.306 e. The number of carbonyl (C=O) groups is 1. The Labute approximate surface area is 101 Å². The summed E-state index contributed by atoms with van der Waals surface area (Å²) in [6.07, 6.45) is 4.43. The van der Waals surface area contributed by atoms with Crippen molar-refractivity contribution < 1.29 is 4.79 Å². The van der Waals surface area contributed by atoms with Gasteiger partial charge in [0.2, 0.25) is 6.17 Å². The van der Waals surface area contributed by atoms with Crippen molar-refractivity contribution in [2.24, 2.45) is 15.8 Å². The van der Waals surface area contributed by atoms with Crippen molar-refractivity contribution in [2.75, 3.05) is 4.90 Å². The number of amides is 1. The summed E-state index contributed by atoms with van der Waals surface area (Å²) in [5.74, 6) is 4.82. The maximum Gasteiger partial charge on any atom is 0.279 e. The molecule has 0 fully saturated rings. The lowest BCUT2D eigenvalue weighted by molar-refractivity contribution is -0.122. The number of rotatable bonds is 1. The Balaban J connectivity index is 2.08. The fourth-order valence-electron chi connectivity index (χ4n) is 1.83. The Kier molecular flexibility index (Phi) is 2.27. The van der Waals surface area contributed by atoms with Crippen LogP contribution in [0, 0.1) is 0 Å². The molecule has 0 bridgehead atoms. The minimum absolute atomic E-state index is 0.344. The van der Waals surface area contributed by atoms with E-state index < -0.39 is 6.17 Å². The molecule has 86 valence electrons. The first-order valence-corrected chi connectivity index (χ1v) is 5.83. The van der Waals surface area contributed by atoms with Crippen LogP contribution < -0.4 is 16.2 Å². The molecule has 0 saturated carbocycles. The molecular weight excluding hydrogens is 238 g/mol. The molecule has 0 radical (unpaired) electrons. The second kappa shape index (κ2) is 3.79. The summed E-state index contributed by atoms with van der Waals surface area (Å²) in [6, 6.07) is 1.94. The lowest BCUT2D eigenvalue weighted by atomic mass is 10.3. The van der Waals surface area contributed by atoms with Gasteiger partial charge in [0.15, 0.2) is 0 Å². The van der Waals surface area contributed by atoms with Crippen molar-refractivity contribution in [3.63, 3.8) is 0 Å². The second-order valence-electron chi connectivity index (χ2n) is 3.53. The van der Waals surface area contributed by atoms with Crippen LogP contribution in [0.2, 0.25) is 0 Å². The molecule has 0 aliphatic carbocycles. The van der Waals surface area contributed by atoms with Gasteiger partial charge in [-0.05, 0) is 11.4 Å². The van der Waals surface area contributed by atoms with Gasteiger partial charge in [-0.3, -0.25) is 20.2 Å². The topological polar surface area (TPSA) is 83.1 Å². The van der Waals surface area contributed by atoms with Crippen LogP contribution in [0.4, 0.5) is 5.69 Å². The van der Waals surface area contributed by atoms with E-state index in [0.29, 0.717) is 0 Å². The summed E-state index contributed by atoms with van der Waals surface area (Å²) in [5.41, 5.74) is 3.83. The number of thiophene rings is 1. The number of anilines is 1. The maximum atomic E-state index is 11.7. The molecule has 3 heterocycles. The highest BCUT2D eigenvalue weighted by molar-refractivity contribution is 7.12. The first kappa shape index (κ1) is 10.2. The van der Waals surface area contributed by atoms with E-state index in [0.717, 1.165) is 16.3 Å². The normalized spacial score (nSPS) is 20.6. The Morgan fingerprint density at radius 3 is 3.24 bits per heavy atom. The van der Waals surface area contributed by atoms with Crippen LogP contribution in [0.25, 0.3) is 0 Å². The fourth-order valence-corrected chi connectivity index (χ4v) is 2.59. The molecule has 0 aromatic carbocycles. The monoisotopic (exact) mass is 247 g/mol. The number of hydrogen-bond acceptors (Lipinski definition) is 6. The van der Waals surface area contributed by atoms with Crippen molar-refractivity contribution in [3.05, 3.63) is 28.2 Å². The number of hydrogen-bond donors (Lipinski definition) is 2. The van der Waals surface area contributed by atoms with Crippen molar-refractivity contribution in [1.82, 2.24) is 5.43 Å². The van der Waals surface area contributed by atoms with E-state index in [1.807, 2.05) is 16.3 Å². The van der Waals surface area contributed by atoms with Crippen molar-refractivity contribution in [2.45, 2.75) is 6.17 Å². The van der Waals surface area contributed by atoms with Crippen LogP contribution in [-0.4, -0.2) is 24.5 Å². The third-order valence-electron chi connectivity index (χ3n) is 2.58. The number of carbonyl (C=O) groups excluding carboxylic acids is 1. The van der Waals surface area contributed by atoms with Gasteiger partial charge in [0.1, 0.15) is 0 Å². The molecule has 3 rings (SSSR count). The summed E-state index contributed by atoms with van der Waals surface area (Å²) in [7, 11) is 0. The summed E-state index contributed by atoms with van der Waals surface area (Å²) >= 11 is 1.57. The van der Waals surface area contributed by atoms with E-state index in [4.69, 9.17) is 5.84 Å². The number of fused-ring (bicyclic) bond motifs is 3. The smallest absolute Gasteiger partial charge is 0.279 e. The van der Waals surface area contributed by atoms with Crippen molar-refractivity contribution in [1.29, 1.82) is 0 Å². The first-order chi connectivity index (χ1) is 8.31. The molecule has 3 N–H and O–H groups in total. The molecule has 0 saturated heterocycles. The van der Waals surface area contributed by atoms with Crippen molar-refractivity contribution in [3.8, 4) is 0 Å². The van der Waals surface area contributed by atoms with Crippen molar-refractivity contribution >= 4 is 35.4 Å². The lowest BCUT2D eigenvalue weighted by Gasteiger charge is -2.23. The van der Waals surface area contributed by atoms with Crippen LogP contribution in [-0.2, 0) is 4.79 Å². The van der Waals surface area contributed by atoms with Gasteiger partial charge in [-0.2, -0.15) is 0 Å². The molecule has 7 heteroatoms. The summed E-state index contributed by atoms with van der Waals surface area (Å²) in [6.45, 7) is 0. The van der Waals surface area contributed by atoms with Gasteiger partial charge in [0.05, 0.1) is 22.5 Å². The Morgan fingerprint density at radius 2 is 2.41 bits per heavy atom. The number of nitrogens with two attached hydrogens (primary N) is 1. The predicted octanol–water partition coefficient (Wildman–Crippen LogP) is 0.229. The SMILES string of the molecule is NNC(=O)C1N=CC2=CN=Cc3sccc3N21. The van der Waals surface area contributed by atoms with E-state index in [2.05, 4.69) is 15.4 Å². The number of allylic oxidation sites excluding steroid dienone is 1. The molecule has 1 aromatic heterocycles. The zero-order valence-corrected chi connectivity index (χ0v) is 9.52. The molecule has 0 spiro atoms. The summed E-state index contributed by atoms with van der Waals surface area (Å²) in [5, 5.41) is 1.95. The molecule has 1 amide bonds. The summed E-state index contributed by atoms with van der Waals surface area (Å²) < 4.78 is 0. The average molecular weight is 247 g/mol. The minimum atomic E-state index is -0.652. The van der Waals surface area contributed by atoms with Gasteiger partial charge in [-0.15, -0.1) is 11.3 Å². The number of nitrogens with one attached hydrogen (secondary N) is 1. The Bertz CT molecular complexity index is 559. The van der Waals surface area contributed by atoms with Gasteiger partial charge in [-0.1, -0.05) is 0 Å². The van der Waals surface area contributed by atoms with E-state index in [1.54, 1.807) is 30.0 Å². The molecule has 1 aromatic rings. The van der Waals surface area contributed by atoms with Crippen LogP contribution in [0.5, 0.6) is 0 Å². The maximum absolute atomic E-state index is 11.7. The average Bonchev–Trinajstić information content (AvgIpc) is 2.92. The lowest BCUT2D eigenvalue weighted by Crippen LogP contribution is -2.45. The number of aliphatic imine (C=N–C) groups is 2. The molecular formula is C10H9N5OS. The highest BCUT2D eigenvalue weighted by Crippen LogP contribution is 2.33. The third kappa shape index (κ3) is 1.48. The second-order valence-corrected chi connectivity index (χ2v) is 4.48. The van der Waals surface area contributed by atoms with Crippen LogP contribution in [0.15, 0.2) is 33.3 Å². The molecule has 6 nitrogen and oxygen atoms in total. The standard InChI is InChI=1S/C10H9N5OS/c11-14-10(16)9-13-4-6-3-12-5-8-7(15(6)9)1-2-17-8/h1-5,9H,11H2,(H,14,16). The summed E-state index contributed by atoms with van der Waals surface area (Å²) in [4.78, 5) is 22.8. The zero-order chi connectivity index (χ0) is 11.8. The zero-order valence-electron chi connectivity index (χ0n) is 8.70. The molecule has 1 unspecified atom stereocenters. The van der Waals surface area contributed by atoms with Gasteiger partial charge in [-0.25, -0.2) is 5.84 Å². The highest BCUT2D eigenvalue weighted by Gasteiger charge is 2.33. The van der Waals surface area contributed by atoms with E-state index in [-0.39, 0.29) is 5.91 Å². The highest BCUT2D eigenvalue weighted by atomic mass is 32.1. The van der Waals surface area contributed by atoms with Gasteiger partial charge in [0, 0.05) is 12.4 Å². The van der Waals surface area contributed by atoms with E-state index in [1.165, 1.54) is 0 Å². The van der Waals surface area contributed by atoms with Crippen LogP contribution >= 0.6 is 11.3 Å². The van der Waals surface area contributed by atoms with Gasteiger partial charge >= 0.3 is 0 Å². The molecule has 17 heavy (non-hydrogen) atoms. The Morgan fingerprint density at radius 1 is 1.53 bits per heavy atom. The van der Waals surface area contributed by atoms with E-state index >= 15 is 0 Å². The minimum Gasteiger partial charge on any atom is -0.306 e. The number of nitrogens with zero attached hydrogens (tertiary/aromatic N) is 3. The van der Waals surface area contributed by atoms with Crippen LogP contribution in [0.3, 0.4) is 0 Å². The molecule has 2 aliphatic heterocycles. The molecule has 2 aliphatic rings. The van der Waals surface area contributed by atoms with Gasteiger partial charge in [0.25, 0.3) is 5.91 Å². The van der Waals surface area contributed by atoms with E-state index in [9.17, 15) is 4.79 Å². The fraction of sp³-hybridized carbons (Fsp3) is 0.100. The Hall–Kier alpha value is -1.99. The molecule has 1 atom stereocenters. The number of hydrazine groups is 1. The quantitative estimate of drug-likeness (QED) is 0.423. The first-order valence-electron chi connectivity index (χ1n) is 4.95.